The number of carbonyl (C=O) groups excluding carboxylic acids is 2. The predicted octanol–water partition coefficient (Wildman–Crippen LogP) is 6.25. The number of ether oxygens (including phenoxy) is 2. The topological polar surface area (TPSA) is 214 Å². The van der Waals surface area contributed by atoms with Crippen LogP contribution in [0.3, 0.4) is 0 Å². The molecule has 8 N–H and O–H groups in total. The molecule has 3 aliphatic rings. The Morgan fingerprint density at radius 3 is 2.15 bits per heavy atom. The lowest BCUT2D eigenvalue weighted by Crippen LogP contribution is -2.62. The monoisotopic (exact) mass is 708 g/mol. The van der Waals surface area contributed by atoms with E-state index in [2.05, 4.69) is 0 Å². The van der Waals surface area contributed by atoms with Gasteiger partial charge in [-0.15, -0.1) is 0 Å². The van der Waals surface area contributed by atoms with Crippen molar-refractivity contribution in [1.82, 2.24) is 0 Å². The van der Waals surface area contributed by atoms with Gasteiger partial charge < -0.3 is 50.3 Å². The number of rotatable bonds is 6. The molecule has 2 aliphatic heterocycles. The van der Waals surface area contributed by atoms with Gasteiger partial charge >= 0.3 is 0 Å². The highest BCUT2D eigenvalue weighted by Crippen LogP contribution is 2.60. The lowest BCUT2D eigenvalue weighted by atomic mass is 9.65. The molecule has 0 aromatic heterocycles. The summed E-state index contributed by atoms with van der Waals surface area (Å²) >= 11 is 0. The second kappa shape index (κ2) is 12.0. The van der Waals surface area contributed by atoms with Crippen LogP contribution in [-0.4, -0.2) is 58.0 Å². The Hall–Kier alpha value is -6.14. The first-order chi connectivity index (χ1) is 24.6. The number of carbonyl (C=O) groups is 2. The Morgan fingerprint density at radius 1 is 0.827 bits per heavy atom. The quantitative estimate of drug-likeness (QED) is 0.0824. The molecule has 1 aliphatic carbocycles. The fraction of sp³-hybridized carbons (Fsp3) is 0.250. The third kappa shape index (κ3) is 5.09. The Kier molecular flexibility index (Phi) is 7.91. The molecule has 7 rings (SSSR count). The minimum atomic E-state index is -2.45. The van der Waals surface area contributed by atoms with Crippen LogP contribution >= 0.6 is 0 Å². The highest BCUT2D eigenvalue weighted by molar-refractivity contribution is 6.10. The summed E-state index contributed by atoms with van der Waals surface area (Å²) in [7, 11) is 0. The molecule has 0 fully saturated rings. The summed E-state index contributed by atoms with van der Waals surface area (Å²) in [6.45, 7) is 5.31. The largest absolute Gasteiger partial charge is 0.508 e. The second-order valence-electron chi connectivity index (χ2n) is 13.9. The highest BCUT2D eigenvalue weighted by atomic mass is 16.7. The van der Waals surface area contributed by atoms with Crippen molar-refractivity contribution in [3.8, 4) is 51.7 Å². The van der Waals surface area contributed by atoms with Crippen LogP contribution in [0.15, 0.2) is 84.0 Å². The predicted molar refractivity (Wildman–Crippen MR) is 185 cm³/mol. The van der Waals surface area contributed by atoms with Gasteiger partial charge in [0.1, 0.15) is 57.3 Å². The number of hydrogen-bond acceptors (Lipinski definition) is 12. The molecule has 0 saturated carbocycles. The first-order valence-corrected chi connectivity index (χ1v) is 16.5. The number of allylic oxidation sites excluding steroid dienone is 3. The SMILES string of the molecule is CC(C)=CC[C@]12Oc3cc(O)ccc3[C@@]1(O)Oc1cc(O)c([C@@H]3C=C(C)C[C@@H](c4ccc(O)cc4O)[C@@H]3C(=O)c3ccc(O)cc3O)c(O)c1C2=O. The number of fused-ring (bicyclic) bond motifs is 4. The molecule has 52 heavy (non-hydrogen) atoms. The van der Waals surface area contributed by atoms with Gasteiger partial charge in [0.25, 0.3) is 5.79 Å². The maximum Gasteiger partial charge on any atom is 0.286 e. The van der Waals surface area contributed by atoms with Crippen molar-refractivity contribution in [1.29, 1.82) is 0 Å². The van der Waals surface area contributed by atoms with Crippen LogP contribution in [0.2, 0.25) is 0 Å². The van der Waals surface area contributed by atoms with E-state index in [9.17, 15) is 50.4 Å². The molecule has 0 unspecified atom stereocenters. The molecule has 0 radical (unpaired) electrons. The standard InChI is InChI=1S/C40H36O12/c1-18(2)10-11-39-38(49)35-32(52-40(39,50)27-9-6-22(43)16-31(27)51-39)17-30(46)34(37(35)48)26-13-19(3)12-25(23-7-4-20(41)14-28(23)44)33(26)36(47)24-8-5-21(42)15-29(24)45/h4-10,13-17,25-26,33,41-46,48,50H,11-12H2,1-3H3/t25-,26+,33-,39+,40+/m0/s1. The maximum absolute atomic E-state index is 14.8. The molecule has 0 amide bonds. The van der Waals surface area contributed by atoms with E-state index in [1.807, 2.05) is 0 Å². The van der Waals surface area contributed by atoms with Crippen LogP contribution in [0.4, 0.5) is 0 Å². The Bertz CT molecular complexity index is 2250. The minimum Gasteiger partial charge on any atom is -0.508 e. The zero-order valence-corrected chi connectivity index (χ0v) is 28.3. The van der Waals surface area contributed by atoms with Crippen molar-refractivity contribution in [2.75, 3.05) is 0 Å². The van der Waals surface area contributed by atoms with Gasteiger partial charge in [0.2, 0.25) is 11.4 Å². The lowest BCUT2D eigenvalue weighted by molar-refractivity contribution is -0.221. The highest BCUT2D eigenvalue weighted by Gasteiger charge is 2.70. The number of phenols is 7. The van der Waals surface area contributed by atoms with Gasteiger partial charge in [0.15, 0.2) is 5.78 Å². The second-order valence-corrected chi connectivity index (χ2v) is 13.9. The van der Waals surface area contributed by atoms with E-state index < -0.39 is 63.5 Å². The van der Waals surface area contributed by atoms with E-state index in [0.29, 0.717) is 5.57 Å². The van der Waals surface area contributed by atoms with Crippen LogP contribution in [0.5, 0.6) is 51.7 Å². The third-order valence-electron chi connectivity index (χ3n) is 10.2. The van der Waals surface area contributed by atoms with Gasteiger partial charge in [0.05, 0.1) is 11.1 Å². The summed E-state index contributed by atoms with van der Waals surface area (Å²) in [5.74, 6) is -10.6. The van der Waals surface area contributed by atoms with E-state index in [-0.39, 0.29) is 69.6 Å². The van der Waals surface area contributed by atoms with Gasteiger partial charge in [-0.05, 0) is 63.1 Å². The molecular formula is C40H36O12. The molecule has 0 spiro atoms. The normalized spacial score (nSPS) is 24.4. The number of Topliss-reactive ketones (excluding diaryl/α,β-unsaturated/α-hetero) is 2. The van der Waals surface area contributed by atoms with E-state index in [4.69, 9.17) is 9.47 Å². The number of benzene rings is 4. The van der Waals surface area contributed by atoms with E-state index in [0.717, 1.165) is 23.8 Å². The molecule has 12 nitrogen and oxygen atoms in total. The number of phenolic OH excluding ortho intramolecular Hbond substituents is 7. The van der Waals surface area contributed by atoms with E-state index in [1.165, 1.54) is 42.5 Å². The molecular weight excluding hydrogens is 672 g/mol. The summed E-state index contributed by atoms with van der Waals surface area (Å²) in [5, 5.41) is 87.9. The molecule has 0 saturated heterocycles. The molecule has 4 aromatic rings. The Balaban J connectivity index is 1.44. The maximum atomic E-state index is 14.8. The molecule has 4 aromatic carbocycles. The summed E-state index contributed by atoms with van der Waals surface area (Å²) in [5.41, 5.74) is -1.30. The van der Waals surface area contributed by atoms with E-state index in [1.54, 1.807) is 32.9 Å². The van der Waals surface area contributed by atoms with Gasteiger partial charge in [-0.2, -0.15) is 0 Å². The summed E-state index contributed by atoms with van der Waals surface area (Å²) < 4.78 is 12.3. The van der Waals surface area contributed by atoms with Gasteiger partial charge in [0, 0.05) is 54.0 Å². The number of aromatic hydroxyl groups is 7. The number of ketones is 2. The van der Waals surface area contributed by atoms with E-state index >= 15 is 0 Å². The lowest BCUT2D eigenvalue weighted by Gasteiger charge is -2.43. The summed E-state index contributed by atoms with van der Waals surface area (Å²) in [6, 6.07) is 12.3. The van der Waals surface area contributed by atoms with Crippen molar-refractivity contribution in [3.63, 3.8) is 0 Å². The van der Waals surface area contributed by atoms with Gasteiger partial charge in [-0.25, -0.2) is 0 Å². The smallest absolute Gasteiger partial charge is 0.286 e. The van der Waals surface area contributed by atoms with Crippen LogP contribution in [0.1, 0.15) is 82.9 Å². The van der Waals surface area contributed by atoms with Gasteiger partial charge in [-0.1, -0.05) is 29.4 Å². The van der Waals surface area contributed by atoms with Crippen LogP contribution < -0.4 is 9.47 Å². The zero-order chi connectivity index (χ0) is 37.4. The Morgan fingerprint density at radius 2 is 1.48 bits per heavy atom. The fourth-order valence-electron chi connectivity index (χ4n) is 7.81. The first kappa shape index (κ1) is 34.3. The average Bonchev–Trinajstić information content (AvgIpc) is 3.30. The van der Waals surface area contributed by atoms with Crippen molar-refractivity contribution in [2.24, 2.45) is 5.92 Å². The molecule has 268 valence electrons. The summed E-state index contributed by atoms with van der Waals surface area (Å²) in [4.78, 5) is 29.4. The molecule has 12 heteroatoms. The number of hydrogen-bond donors (Lipinski definition) is 8. The van der Waals surface area contributed by atoms with Crippen molar-refractivity contribution in [2.45, 2.75) is 56.8 Å². The van der Waals surface area contributed by atoms with Crippen LogP contribution in [0, 0.1) is 5.92 Å². The average molecular weight is 709 g/mol. The molecule has 0 bridgehead atoms. The molecule has 5 atom stereocenters. The van der Waals surface area contributed by atoms with Crippen LogP contribution in [0.25, 0.3) is 0 Å². The third-order valence-corrected chi connectivity index (χ3v) is 10.2. The summed E-state index contributed by atoms with van der Waals surface area (Å²) in [6.07, 6.45) is 3.28. The van der Waals surface area contributed by atoms with Crippen molar-refractivity contribution < 1.29 is 59.9 Å². The van der Waals surface area contributed by atoms with Crippen molar-refractivity contribution >= 4 is 11.6 Å². The zero-order valence-electron chi connectivity index (χ0n) is 28.3. The number of aliphatic hydroxyl groups is 1. The van der Waals surface area contributed by atoms with Crippen LogP contribution in [-0.2, 0) is 5.79 Å². The fourth-order valence-corrected chi connectivity index (χ4v) is 7.81. The Labute approximate surface area is 297 Å². The molecule has 2 heterocycles. The minimum absolute atomic E-state index is 0.0310. The van der Waals surface area contributed by atoms with Crippen molar-refractivity contribution in [3.05, 3.63) is 112 Å². The first-order valence-electron chi connectivity index (χ1n) is 16.5. The van der Waals surface area contributed by atoms with Gasteiger partial charge in [-0.3, -0.25) is 9.59 Å².